The molecule has 0 fully saturated rings. The molecule has 0 saturated carbocycles. The molecule has 0 aliphatic carbocycles. The van der Waals surface area contributed by atoms with Gasteiger partial charge in [0.15, 0.2) is 0 Å². The van der Waals surface area contributed by atoms with Gasteiger partial charge in [-0.1, -0.05) is 0 Å². The highest BCUT2D eigenvalue weighted by atomic mass is 16.5. The molecule has 0 atom stereocenters. The normalized spacial score (nSPS) is 5.75. The van der Waals surface area contributed by atoms with Crippen molar-refractivity contribution in [1.82, 2.24) is 12.3 Å². The monoisotopic (exact) mass is 122 g/mol. The molecule has 0 aliphatic rings. The minimum Gasteiger partial charge on any atom is -0.466 e. The molecule has 0 aromatic rings. The third kappa shape index (κ3) is 18.2. The van der Waals surface area contributed by atoms with Crippen LogP contribution in [0.15, 0.2) is 0 Å². The molecule has 0 rings (SSSR count). The van der Waals surface area contributed by atoms with Gasteiger partial charge >= 0.3 is 5.97 Å². The smallest absolute Gasteiger partial charge is 0.302 e. The topological polar surface area (TPSA) is 96.3 Å². The second-order valence-corrected chi connectivity index (χ2v) is 0.925. The van der Waals surface area contributed by atoms with Gasteiger partial charge in [0.1, 0.15) is 0 Å². The van der Waals surface area contributed by atoms with Gasteiger partial charge in [-0.05, 0) is 6.92 Å². The van der Waals surface area contributed by atoms with E-state index in [0.29, 0.717) is 6.61 Å². The molecule has 0 saturated heterocycles. The van der Waals surface area contributed by atoms with E-state index < -0.39 is 0 Å². The Morgan fingerprint density at radius 3 is 1.88 bits per heavy atom. The van der Waals surface area contributed by atoms with Gasteiger partial charge in [0, 0.05) is 6.92 Å². The number of rotatable bonds is 1. The Morgan fingerprint density at radius 1 is 1.50 bits per heavy atom. The third-order valence-electron chi connectivity index (χ3n) is 0.348. The number of esters is 1. The first kappa shape index (κ1) is 15.7. The van der Waals surface area contributed by atoms with E-state index >= 15 is 0 Å². The number of hydrogen-bond acceptors (Lipinski definition) is 4. The second kappa shape index (κ2) is 9.63. The Morgan fingerprint density at radius 2 is 1.88 bits per heavy atom. The van der Waals surface area contributed by atoms with E-state index in [0.717, 1.165) is 0 Å². The molecule has 4 nitrogen and oxygen atoms in total. The van der Waals surface area contributed by atoms with Gasteiger partial charge < -0.3 is 17.0 Å². The summed E-state index contributed by atoms with van der Waals surface area (Å²) < 4.78 is 4.40. The second-order valence-electron chi connectivity index (χ2n) is 0.925. The molecule has 0 radical (unpaired) electrons. The largest absolute Gasteiger partial charge is 0.466 e. The van der Waals surface area contributed by atoms with Crippen LogP contribution in [0.1, 0.15) is 13.8 Å². The van der Waals surface area contributed by atoms with Crippen molar-refractivity contribution in [1.29, 1.82) is 0 Å². The molecule has 0 aliphatic heterocycles. The van der Waals surface area contributed by atoms with E-state index in [2.05, 4.69) is 4.74 Å². The highest BCUT2D eigenvalue weighted by molar-refractivity contribution is 5.65. The molecule has 0 heterocycles. The molecular formula is C4H14N2O2. The fourth-order valence-corrected chi connectivity index (χ4v) is 0.203. The van der Waals surface area contributed by atoms with E-state index in [-0.39, 0.29) is 18.3 Å². The Balaban J connectivity index is -0.000000125. The first-order valence-corrected chi connectivity index (χ1v) is 1.90. The lowest BCUT2D eigenvalue weighted by Gasteiger charge is -1.89. The van der Waals surface area contributed by atoms with E-state index in [9.17, 15) is 4.79 Å². The Kier molecular flexibility index (Phi) is 18.9. The predicted octanol–water partition coefficient (Wildman–Crippen LogP) is 0.893. The van der Waals surface area contributed by atoms with Crippen LogP contribution in [-0.2, 0) is 9.53 Å². The molecule has 0 spiro atoms. The lowest BCUT2D eigenvalue weighted by molar-refractivity contribution is -0.140. The standard InChI is InChI=1S/C4H8O2.2H3N/c1-3-6-4(2)5;;/h3H2,1-2H3;2*1H3. The first-order chi connectivity index (χ1) is 2.77. The zero-order valence-corrected chi connectivity index (χ0v) is 5.44. The van der Waals surface area contributed by atoms with Crippen molar-refractivity contribution in [2.45, 2.75) is 13.8 Å². The minimum atomic E-state index is -0.211. The Hall–Kier alpha value is -0.610. The first-order valence-electron chi connectivity index (χ1n) is 1.90. The quantitative estimate of drug-likeness (QED) is 0.505. The van der Waals surface area contributed by atoms with E-state index in [1.807, 2.05) is 0 Å². The summed E-state index contributed by atoms with van der Waals surface area (Å²) in [5.74, 6) is -0.211. The van der Waals surface area contributed by atoms with E-state index in [1.54, 1.807) is 6.92 Å². The third-order valence-corrected chi connectivity index (χ3v) is 0.348. The van der Waals surface area contributed by atoms with Crippen LogP contribution in [0.4, 0.5) is 0 Å². The molecule has 4 heteroatoms. The van der Waals surface area contributed by atoms with Gasteiger partial charge in [-0.15, -0.1) is 0 Å². The van der Waals surface area contributed by atoms with Crippen molar-refractivity contribution in [3.63, 3.8) is 0 Å². The van der Waals surface area contributed by atoms with Crippen molar-refractivity contribution < 1.29 is 9.53 Å². The Bertz CT molecular complexity index is 56.0. The van der Waals surface area contributed by atoms with Crippen LogP contribution >= 0.6 is 0 Å². The molecule has 6 N–H and O–H groups in total. The molecule has 52 valence electrons. The van der Waals surface area contributed by atoms with Crippen LogP contribution in [0, 0.1) is 0 Å². The van der Waals surface area contributed by atoms with Crippen LogP contribution in [0.2, 0.25) is 0 Å². The number of hydrogen-bond donors (Lipinski definition) is 2. The van der Waals surface area contributed by atoms with Gasteiger partial charge in [0.2, 0.25) is 0 Å². The van der Waals surface area contributed by atoms with Crippen molar-refractivity contribution in [3.8, 4) is 0 Å². The van der Waals surface area contributed by atoms with Gasteiger partial charge in [0.25, 0.3) is 0 Å². The van der Waals surface area contributed by atoms with E-state index in [4.69, 9.17) is 0 Å². The summed E-state index contributed by atoms with van der Waals surface area (Å²) >= 11 is 0. The molecule has 0 amide bonds. The molecule has 0 aromatic carbocycles. The van der Waals surface area contributed by atoms with Crippen molar-refractivity contribution >= 4 is 5.97 Å². The van der Waals surface area contributed by atoms with Crippen molar-refractivity contribution in [2.24, 2.45) is 0 Å². The van der Waals surface area contributed by atoms with Crippen LogP contribution in [0.5, 0.6) is 0 Å². The zero-order chi connectivity index (χ0) is 4.99. The number of ether oxygens (including phenoxy) is 1. The molecule has 0 bridgehead atoms. The molecule has 8 heavy (non-hydrogen) atoms. The van der Waals surface area contributed by atoms with Gasteiger partial charge in [0.05, 0.1) is 6.61 Å². The number of carbonyl (C=O) groups excluding carboxylic acids is 1. The van der Waals surface area contributed by atoms with E-state index in [1.165, 1.54) is 6.92 Å². The lowest BCUT2D eigenvalue weighted by Crippen LogP contribution is -1.95. The lowest BCUT2D eigenvalue weighted by atomic mass is 10.8. The maximum atomic E-state index is 9.82. The molecule has 0 unspecified atom stereocenters. The summed E-state index contributed by atoms with van der Waals surface area (Å²) in [4.78, 5) is 9.82. The Labute approximate surface area is 49.4 Å². The van der Waals surface area contributed by atoms with Gasteiger partial charge in [-0.25, -0.2) is 0 Å². The van der Waals surface area contributed by atoms with Gasteiger partial charge in [-0.3, -0.25) is 4.79 Å². The van der Waals surface area contributed by atoms with Crippen LogP contribution < -0.4 is 12.3 Å². The summed E-state index contributed by atoms with van der Waals surface area (Å²) in [6.07, 6.45) is 0. The van der Waals surface area contributed by atoms with Gasteiger partial charge in [-0.2, -0.15) is 0 Å². The van der Waals surface area contributed by atoms with Crippen LogP contribution in [-0.4, -0.2) is 12.6 Å². The minimum absolute atomic E-state index is 0. The summed E-state index contributed by atoms with van der Waals surface area (Å²) in [7, 11) is 0. The number of carbonyl (C=O) groups is 1. The average molecular weight is 122 g/mol. The fraction of sp³-hybridized carbons (Fsp3) is 0.750. The summed E-state index contributed by atoms with van der Waals surface area (Å²) in [5.41, 5.74) is 0. The van der Waals surface area contributed by atoms with Crippen LogP contribution in [0.25, 0.3) is 0 Å². The van der Waals surface area contributed by atoms with Crippen molar-refractivity contribution in [3.05, 3.63) is 0 Å². The zero-order valence-electron chi connectivity index (χ0n) is 5.44. The maximum Gasteiger partial charge on any atom is 0.302 e. The summed E-state index contributed by atoms with van der Waals surface area (Å²) in [6.45, 7) is 3.65. The summed E-state index contributed by atoms with van der Waals surface area (Å²) in [6, 6.07) is 0. The molecular weight excluding hydrogens is 108 g/mol. The molecule has 0 aromatic heterocycles. The highest BCUT2D eigenvalue weighted by Crippen LogP contribution is 1.69. The van der Waals surface area contributed by atoms with Crippen molar-refractivity contribution in [2.75, 3.05) is 6.61 Å². The SMILES string of the molecule is CCOC(C)=O.N.N. The maximum absolute atomic E-state index is 9.82. The highest BCUT2D eigenvalue weighted by Gasteiger charge is 1.81. The fourth-order valence-electron chi connectivity index (χ4n) is 0.203. The van der Waals surface area contributed by atoms with Crippen LogP contribution in [0.3, 0.4) is 0 Å². The predicted molar refractivity (Wildman–Crippen MR) is 32.4 cm³/mol. The average Bonchev–Trinajstić information content (AvgIpc) is 1.35. The summed E-state index contributed by atoms with van der Waals surface area (Å²) in [5, 5.41) is 0.